The lowest BCUT2D eigenvalue weighted by atomic mass is 10.0. The lowest BCUT2D eigenvalue weighted by molar-refractivity contribution is 0.120. The van der Waals surface area contributed by atoms with E-state index < -0.39 is 0 Å². The van der Waals surface area contributed by atoms with E-state index in [1.54, 1.807) is 11.3 Å². The van der Waals surface area contributed by atoms with Crippen LogP contribution in [0, 0.1) is 13.8 Å². The van der Waals surface area contributed by atoms with Gasteiger partial charge in [-0.2, -0.15) is 0 Å². The first-order valence-corrected chi connectivity index (χ1v) is 11.3. The van der Waals surface area contributed by atoms with E-state index in [9.17, 15) is 4.79 Å². The van der Waals surface area contributed by atoms with Crippen LogP contribution in [0.25, 0.3) is 21.0 Å². The third kappa shape index (κ3) is 3.67. The van der Waals surface area contributed by atoms with Crippen molar-refractivity contribution < 1.29 is 0 Å². The van der Waals surface area contributed by atoms with Crippen molar-refractivity contribution in [2.45, 2.75) is 26.9 Å². The smallest absolute Gasteiger partial charge is 0.259 e. The molecule has 1 saturated heterocycles. The topological polar surface area (TPSA) is 52.2 Å². The van der Waals surface area contributed by atoms with Crippen LogP contribution in [-0.2, 0) is 13.1 Å². The molecule has 2 aromatic heterocycles. The van der Waals surface area contributed by atoms with Gasteiger partial charge in [-0.15, -0.1) is 11.3 Å². The molecule has 1 aliphatic heterocycles. The molecule has 0 radical (unpaired) electrons. The van der Waals surface area contributed by atoms with Crippen LogP contribution in [0.3, 0.4) is 0 Å². The molecular weight excluding hydrogens is 392 g/mol. The molecule has 0 amide bonds. The quantitative estimate of drug-likeness (QED) is 0.543. The van der Waals surface area contributed by atoms with Gasteiger partial charge < -0.3 is 4.98 Å². The van der Waals surface area contributed by atoms with Crippen molar-refractivity contribution in [3.8, 4) is 0 Å². The Kier molecular flexibility index (Phi) is 5.15. The van der Waals surface area contributed by atoms with E-state index >= 15 is 0 Å². The van der Waals surface area contributed by atoms with Crippen molar-refractivity contribution in [3.05, 3.63) is 74.6 Å². The summed E-state index contributed by atoms with van der Waals surface area (Å²) in [6, 6.07) is 15.2. The Labute approximate surface area is 180 Å². The van der Waals surface area contributed by atoms with Crippen molar-refractivity contribution in [2.24, 2.45) is 0 Å². The second kappa shape index (κ2) is 7.95. The summed E-state index contributed by atoms with van der Waals surface area (Å²) in [5.41, 5.74) is 2.44. The van der Waals surface area contributed by atoms with E-state index in [2.05, 4.69) is 64.2 Å². The number of nitrogens with one attached hydrogen (secondary N) is 1. The number of hydrogen-bond donors (Lipinski definition) is 1. The molecule has 0 bridgehead atoms. The summed E-state index contributed by atoms with van der Waals surface area (Å²) in [6.07, 6.45) is 0. The van der Waals surface area contributed by atoms with Crippen LogP contribution in [0.15, 0.2) is 47.3 Å². The molecule has 6 heteroatoms. The number of aryl methyl sites for hydroxylation is 2. The summed E-state index contributed by atoms with van der Waals surface area (Å²) in [4.78, 5) is 27.2. The van der Waals surface area contributed by atoms with E-state index in [-0.39, 0.29) is 5.56 Å². The van der Waals surface area contributed by atoms with Gasteiger partial charge in [-0.25, -0.2) is 4.98 Å². The van der Waals surface area contributed by atoms with E-state index in [4.69, 9.17) is 4.98 Å². The van der Waals surface area contributed by atoms with Gasteiger partial charge in [0, 0.05) is 37.6 Å². The van der Waals surface area contributed by atoms with Gasteiger partial charge in [0.15, 0.2) is 0 Å². The van der Waals surface area contributed by atoms with Crippen molar-refractivity contribution in [1.29, 1.82) is 0 Å². The average Bonchev–Trinajstić information content (AvgIpc) is 3.03. The highest BCUT2D eigenvalue weighted by atomic mass is 32.1. The fourth-order valence-electron chi connectivity index (χ4n) is 4.36. The zero-order valence-corrected chi connectivity index (χ0v) is 18.3. The molecular formula is C24H26N4OS. The highest BCUT2D eigenvalue weighted by Gasteiger charge is 2.19. The number of benzene rings is 2. The zero-order valence-electron chi connectivity index (χ0n) is 17.4. The predicted octanol–water partition coefficient (Wildman–Crippen LogP) is 4.07. The second-order valence-electron chi connectivity index (χ2n) is 8.17. The van der Waals surface area contributed by atoms with Gasteiger partial charge in [0.1, 0.15) is 10.7 Å². The fourth-order valence-corrected chi connectivity index (χ4v) is 5.41. The van der Waals surface area contributed by atoms with Crippen LogP contribution in [-0.4, -0.2) is 45.9 Å². The van der Waals surface area contributed by atoms with Crippen molar-refractivity contribution in [2.75, 3.05) is 26.2 Å². The third-order valence-corrected chi connectivity index (χ3v) is 7.30. The number of piperazine rings is 1. The van der Waals surface area contributed by atoms with Gasteiger partial charge in [0.25, 0.3) is 5.56 Å². The van der Waals surface area contributed by atoms with E-state index in [1.165, 1.54) is 21.2 Å². The Morgan fingerprint density at radius 3 is 2.47 bits per heavy atom. The lowest BCUT2D eigenvalue weighted by Crippen LogP contribution is -2.45. The molecule has 0 saturated carbocycles. The van der Waals surface area contributed by atoms with E-state index in [0.717, 1.165) is 54.3 Å². The molecule has 3 heterocycles. The van der Waals surface area contributed by atoms with Crippen LogP contribution in [0.4, 0.5) is 0 Å². The van der Waals surface area contributed by atoms with Crippen molar-refractivity contribution in [3.63, 3.8) is 0 Å². The summed E-state index contributed by atoms with van der Waals surface area (Å²) >= 11 is 1.61. The minimum absolute atomic E-state index is 0.00792. The van der Waals surface area contributed by atoms with Crippen LogP contribution < -0.4 is 5.56 Å². The molecule has 5 rings (SSSR count). The number of H-pyrrole nitrogens is 1. The van der Waals surface area contributed by atoms with Gasteiger partial charge in [-0.05, 0) is 35.7 Å². The van der Waals surface area contributed by atoms with Crippen molar-refractivity contribution >= 4 is 32.3 Å². The van der Waals surface area contributed by atoms with Gasteiger partial charge in [0.2, 0.25) is 0 Å². The Balaban J connectivity index is 1.25. The Bertz CT molecular complexity index is 1260. The predicted molar refractivity (Wildman–Crippen MR) is 124 cm³/mol. The molecule has 0 aliphatic carbocycles. The van der Waals surface area contributed by atoms with Crippen LogP contribution in [0.2, 0.25) is 0 Å². The number of thiophene rings is 1. The fraction of sp³-hybridized carbons (Fsp3) is 0.333. The minimum atomic E-state index is -0.00792. The van der Waals surface area contributed by atoms with Crippen molar-refractivity contribution in [1.82, 2.24) is 19.8 Å². The van der Waals surface area contributed by atoms with Crippen LogP contribution >= 0.6 is 11.3 Å². The first-order chi connectivity index (χ1) is 14.6. The zero-order chi connectivity index (χ0) is 20.7. The van der Waals surface area contributed by atoms with Crippen LogP contribution in [0.1, 0.15) is 21.8 Å². The number of rotatable bonds is 4. The summed E-state index contributed by atoms with van der Waals surface area (Å²) < 4.78 is 0. The number of hydrogen-bond acceptors (Lipinski definition) is 5. The molecule has 0 atom stereocenters. The Morgan fingerprint density at radius 1 is 0.967 bits per heavy atom. The number of fused-ring (bicyclic) bond motifs is 2. The van der Waals surface area contributed by atoms with E-state index in [0.29, 0.717) is 6.54 Å². The van der Waals surface area contributed by atoms with E-state index in [1.807, 2.05) is 6.92 Å². The maximum atomic E-state index is 12.5. The number of aromatic amines is 1. The van der Waals surface area contributed by atoms with Gasteiger partial charge in [0.05, 0.1) is 11.9 Å². The number of nitrogens with zero attached hydrogens (tertiary/aromatic N) is 3. The highest BCUT2D eigenvalue weighted by Crippen LogP contribution is 2.26. The largest absolute Gasteiger partial charge is 0.309 e. The number of aromatic nitrogens is 2. The normalized spacial score (nSPS) is 15.9. The molecule has 1 fully saturated rings. The monoisotopic (exact) mass is 418 g/mol. The highest BCUT2D eigenvalue weighted by molar-refractivity contribution is 7.18. The van der Waals surface area contributed by atoms with Gasteiger partial charge in [-0.3, -0.25) is 14.6 Å². The first-order valence-electron chi connectivity index (χ1n) is 10.5. The molecule has 1 N–H and O–H groups in total. The average molecular weight is 419 g/mol. The summed E-state index contributed by atoms with van der Waals surface area (Å²) in [7, 11) is 0. The van der Waals surface area contributed by atoms with Gasteiger partial charge >= 0.3 is 0 Å². The summed E-state index contributed by atoms with van der Waals surface area (Å²) in [5, 5.41) is 3.40. The molecule has 2 aromatic carbocycles. The minimum Gasteiger partial charge on any atom is -0.309 e. The molecule has 4 aromatic rings. The summed E-state index contributed by atoms with van der Waals surface area (Å²) in [5.74, 6) is 0.774. The SMILES string of the molecule is Cc1sc2nc(CN3CCN(Cc4cccc5ccccc45)CC3)[nH]c(=O)c2c1C. The standard InChI is InChI=1S/C24H26N4OS/c1-16-17(2)30-24-22(16)23(29)25-21(26-24)15-28-12-10-27(11-13-28)14-19-8-5-7-18-6-3-4-9-20(18)19/h3-9H,10-15H2,1-2H3,(H,25,26,29). The lowest BCUT2D eigenvalue weighted by Gasteiger charge is -2.34. The molecule has 5 nitrogen and oxygen atoms in total. The molecule has 0 unspecified atom stereocenters. The molecule has 0 spiro atoms. The molecule has 1 aliphatic rings. The van der Waals surface area contributed by atoms with Crippen LogP contribution in [0.5, 0.6) is 0 Å². The Morgan fingerprint density at radius 2 is 1.67 bits per heavy atom. The maximum Gasteiger partial charge on any atom is 0.259 e. The summed E-state index contributed by atoms with van der Waals surface area (Å²) in [6.45, 7) is 9.73. The Hall–Kier alpha value is -2.54. The van der Waals surface area contributed by atoms with Gasteiger partial charge in [-0.1, -0.05) is 42.5 Å². The maximum absolute atomic E-state index is 12.5. The first kappa shape index (κ1) is 19.4. The molecule has 30 heavy (non-hydrogen) atoms. The third-order valence-electron chi connectivity index (χ3n) is 6.20. The molecule has 154 valence electrons. The second-order valence-corrected chi connectivity index (χ2v) is 9.37.